The van der Waals surface area contributed by atoms with Gasteiger partial charge in [-0.25, -0.2) is 4.98 Å². The van der Waals surface area contributed by atoms with Gasteiger partial charge in [0.1, 0.15) is 5.82 Å². The van der Waals surface area contributed by atoms with Crippen molar-refractivity contribution in [2.45, 2.75) is 32.3 Å². The number of piperidine rings is 1. The summed E-state index contributed by atoms with van der Waals surface area (Å²) in [5, 5.41) is 10.7. The highest BCUT2D eigenvalue weighted by atomic mass is 32.1. The zero-order chi connectivity index (χ0) is 13.0. The van der Waals surface area contributed by atoms with Crippen molar-refractivity contribution >= 4 is 16.7 Å². The van der Waals surface area contributed by atoms with Crippen molar-refractivity contribution in [3.8, 4) is 0 Å². The second-order valence-corrected chi connectivity index (χ2v) is 5.56. The molecule has 18 heavy (non-hydrogen) atoms. The zero-order valence-corrected chi connectivity index (χ0v) is 11.8. The van der Waals surface area contributed by atoms with Crippen LogP contribution < -0.4 is 4.90 Å². The van der Waals surface area contributed by atoms with E-state index >= 15 is 0 Å². The van der Waals surface area contributed by atoms with Crippen LogP contribution in [0.15, 0.2) is 0 Å². The summed E-state index contributed by atoms with van der Waals surface area (Å²) in [6.07, 6.45) is 2.74. The zero-order valence-electron chi connectivity index (χ0n) is 11.0. The molecule has 1 aliphatic heterocycles. The van der Waals surface area contributed by atoms with Gasteiger partial charge in [-0.05, 0) is 19.8 Å². The average molecular weight is 271 g/mol. The number of nitrogens with zero attached hydrogens (tertiary/aromatic N) is 3. The van der Waals surface area contributed by atoms with Crippen LogP contribution >= 0.6 is 11.5 Å². The predicted molar refractivity (Wildman–Crippen MR) is 72.1 cm³/mol. The van der Waals surface area contributed by atoms with Gasteiger partial charge in [0.2, 0.25) is 5.13 Å². The molecule has 0 aromatic carbocycles. The van der Waals surface area contributed by atoms with Crippen LogP contribution in [-0.4, -0.2) is 47.4 Å². The Kier molecular flexibility index (Phi) is 4.91. The minimum atomic E-state index is -0.242. The van der Waals surface area contributed by atoms with Crippen LogP contribution in [0.5, 0.6) is 0 Å². The third-order valence-corrected chi connectivity index (χ3v) is 4.21. The fraction of sp³-hybridized carbons (Fsp3) is 0.833. The Morgan fingerprint density at radius 3 is 3.17 bits per heavy atom. The number of ether oxygens (including phenoxy) is 1. The molecule has 0 spiro atoms. The summed E-state index contributed by atoms with van der Waals surface area (Å²) < 4.78 is 9.37. The molecule has 1 fully saturated rings. The van der Waals surface area contributed by atoms with Crippen LogP contribution in [0.4, 0.5) is 5.13 Å². The number of methoxy groups -OCH3 is 1. The molecule has 1 aromatic heterocycles. The van der Waals surface area contributed by atoms with Crippen LogP contribution in [0.25, 0.3) is 0 Å². The molecule has 1 saturated heterocycles. The standard InChI is InChI=1S/C12H21N3O2S/c1-9(16)10-4-3-6-15(8-10)12-13-11(14-18-12)5-7-17-2/h9-10,16H,3-8H2,1-2H3. The summed E-state index contributed by atoms with van der Waals surface area (Å²) in [5.74, 6) is 1.21. The molecule has 2 unspecified atom stereocenters. The van der Waals surface area contributed by atoms with Crippen LogP contribution in [0.1, 0.15) is 25.6 Å². The van der Waals surface area contributed by atoms with Crippen LogP contribution in [0.2, 0.25) is 0 Å². The lowest BCUT2D eigenvalue weighted by Crippen LogP contribution is -2.39. The van der Waals surface area contributed by atoms with E-state index in [1.54, 1.807) is 7.11 Å². The van der Waals surface area contributed by atoms with Gasteiger partial charge in [-0.2, -0.15) is 4.37 Å². The first-order valence-corrected chi connectivity index (χ1v) is 7.22. The molecule has 2 rings (SSSR count). The van der Waals surface area contributed by atoms with Crippen LogP contribution in [0, 0.1) is 5.92 Å². The maximum atomic E-state index is 9.69. The molecular weight excluding hydrogens is 250 g/mol. The largest absolute Gasteiger partial charge is 0.393 e. The first-order valence-electron chi connectivity index (χ1n) is 6.45. The summed E-state index contributed by atoms with van der Waals surface area (Å²) in [7, 11) is 1.69. The molecule has 0 aliphatic carbocycles. The Hall–Kier alpha value is -0.720. The summed E-state index contributed by atoms with van der Waals surface area (Å²) in [5.41, 5.74) is 0. The summed E-state index contributed by atoms with van der Waals surface area (Å²) in [4.78, 5) is 6.78. The van der Waals surface area contributed by atoms with Crippen molar-refractivity contribution < 1.29 is 9.84 Å². The SMILES string of the molecule is COCCc1nsc(N2CCCC(C(C)O)C2)n1. The minimum Gasteiger partial charge on any atom is -0.393 e. The van der Waals surface area contributed by atoms with Crippen molar-refractivity contribution in [1.82, 2.24) is 9.36 Å². The molecule has 0 amide bonds. The summed E-state index contributed by atoms with van der Waals surface area (Å²) in [6.45, 7) is 4.43. The monoisotopic (exact) mass is 271 g/mol. The molecule has 1 aromatic rings. The molecule has 1 aliphatic rings. The highest BCUT2D eigenvalue weighted by Crippen LogP contribution is 2.26. The molecule has 102 valence electrons. The Balaban J connectivity index is 1.95. The van der Waals surface area contributed by atoms with Gasteiger partial charge in [-0.15, -0.1) is 0 Å². The number of anilines is 1. The van der Waals surface area contributed by atoms with Gasteiger partial charge >= 0.3 is 0 Å². The van der Waals surface area contributed by atoms with E-state index in [4.69, 9.17) is 4.74 Å². The Morgan fingerprint density at radius 2 is 2.44 bits per heavy atom. The lowest BCUT2D eigenvalue weighted by atomic mass is 9.94. The normalized spacial score (nSPS) is 22.2. The molecule has 6 heteroatoms. The Labute approximate surface area is 112 Å². The second-order valence-electron chi connectivity index (χ2n) is 4.82. The lowest BCUT2D eigenvalue weighted by Gasteiger charge is -2.33. The minimum absolute atomic E-state index is 0.242. The van der Waals surface area contributed by atoms with Crippen LogP contribution in [-0.2, 0) is 11.2 Å². The van der Waals surface area contributed by atoms with E-state index in [1.165, 1.54) is 11.5 Å². The van der Waals surface area contributed by atoms with Crippen molar-refractivity contribution in [3.05, 3.63) is 5.82 Å². The predicted octanol–water partition coefficient (Wildman–Crippen LogP) is 1.32. The number of aromatic nitrogens is 2. The number of rotatable bonds is 5. The number of aliphatic hydroxyl groups is 1. The van der Waals surface area contributed by atoms with Crippen molar-refractivity contribution in [1.29, 1.82) is 0 Å². The Bertz CT molecular complexity index is 370. The first-order chi connectivity index (χ1) is 8.70. The molecule has 0 radical (unpaired) electrons. The van der Waals surface area contributed by atoms with Gasteiger partial charge < -0.3 is 14.7 Å². The third-order valence-electron chi connectivity index (χ3n) is 3.40. The third kappa shape index (κ3) is 3.40. The van der Waals surface area contributed by atoms with E-state index in [0.717, 1.165) is 43.3 Å². The van der Waals surface area contributed by atoms with E-state index in [2.05, 4.69) is 14.3 Å². The van der Waals surface area contributed by atoms with E-state index < -0.39 is 0 Å². The summed E-state index contributed by atoms with van der Waals surface area (Å²) in [6, 6.07) is 0. The van der Waals surface area contributed by atoms with Gasteiger partial charge in [0.15, 0.2) is 0 Å². The topological polar surface area (TPSA) is 58.5 Å². The van der Waals surface area contributed by atoms with Gasteiger partial charge in [0.05, 0.1) is 12.7 Å². The molecule has 1 N–H and O–H groups in total. The Morgan fingerprint density at radius 1 is 1.61 bits per heavy atom. The molecule has 0 saturated carbocycles. The lowest BCUT2D eigenvalue weighted by molar-refractivity contribution is 0.115. The number of hydrogen-bond donors (Lipinski definition) is 1. The van der Waals surface area contributed by atoms with E-state index in [1.807, 2.05) is 6.92 Å². The van der Waals surface area contributed by atoms with E-state index in [9.17, 15) is 5.11 Å². The van der Waals surface area contributed by atoms with Gasteiger partial charge in [-0.1, -0.05) is 0 Å². The molecule has 5 nitrogen and oxygen atoms in total. The fourth-order valence-electron chi connectivity index (χ4n) is 2.25. The maximum Gasteiger partial charge on any atom is 0.205 e. The van der Waals surface area contributed by atoms with Crippen molar-refractivity contribution in [3.63, 3.8) is 0 Å². The van der Waals surface area contributed by atoms with Crippen LogP contribution in [0.3, 0.4) is 0 Å². The van der Waals surface area contributed by atoms with Gasteiger partial charge in [-0.3, -0.25) is 0 Å². The summed E-state index contributed by atoms with van der Waals surface area (Å²) >= 11 is 1.45. The number of hydrogen-bond acceptors (Lipinski definition) is 6. The molecule has 0 bridgehead atoms. The molecule has 2 atom stereocenters. The average Bonchev–Trinajstić information content (AvgIpc) is 2.85. The molecular formula is C12H21N3O2S. The molecule has 2 heterocycles. The highest BCUT2D eigenvalue weighted by molar-refractivity contribution is 7.09. The van der Waals surface area contributed by atoms with Gasteiger partial charge in [0.25, 0.3) is 0 Å². The van der Waals surface area contributed by atoms with E-state index in [0.29, 0.717) is 12.5 Å². The van der Waals surface area contributed by atoms with Crippen molar-refractivity contribution in [2.75, 3.05) is 31.7 Å². The second kappa shape index (κ2) is 6.45. The maximum absolute atomic E-state index is 9.69. The van der Waals surface area contributed by atoms with E-state index in [-0.39, 0.29) is 6.10 Å². The van der Waals surface area contributed by atoms with Crippen molar-refractivity contribution in [2.24, 2.45) is 5.92 Å². The quantitative estimate of drug-likeness (QED) is 0.875. The highest BCUT2D eigenvalue weighted by Gasteiger charge is 2.25. The first kappa shape index (κ1) is 13.7. The number of aliphatic hydroxyl groups excluding tert-OH is 1. The smallest absolute Gasteiger partial charge is 0.205 e. The van der Waals surface area contributed by atoms with Gasteiger partial charge in [0, 0.05) is 44.1 Å². The fourth-order valence-corrected chi connectivity index (χ4v) is 2.99.